The van der Waals surface area contributed by atoms with Crippen LogP contribution >= 0.6 is 0 Å². The number of ketones is 1. The monoisotopic (exact) mass is 204 g/mol. The molecule has 80 valence electrons. The second kappa shape index (κ2) is 4.78. The minimum absolute atomic E-state index is 0.0615. The summed E-state index contributed by atoms with van der Waals surface area (Å²) in [7, 11) is 0. The number of rotatable bonds is 4. The van der Waals surface area contributed by atoms with Gasteiger partial charge in [0.25, 0.3) is 0 Å². The van der Waals surface area contributed by atoms with Gasteiger partial charge in [-0.3, -0.25) is 4.79 Å². The number of hydrogen-bond donors (Lipinski definition) is 1. The maximum absolute atomic E-state index is 11.8. The molecule has 15 heavy (non-hydrogen) atoms. The van der Waals surface area contributed by atoms with E-state index in [1.165, 1.54) is 0 Å². The van der Waals surface area contributed by atoms with Gasteiger partial charge >= 0.3 is 0 Å². The topological polar surface area (TPSA) is 37.3 Å². The molecule has 0 saturated carbocycles. The Morgan fingerprint density at radius 1 is 1.33 bits per heavy atom. The Labute approximate surface area is 90.3 Å². The van der Waals surface area contributed by atoms with Crippen LogP contribution in [0.15, 0.2) is 30.5 Å². The van der Waals surface area contributed by atoms with Crippen molar-refractivity contribution >= 4 is 5.78 Å². The normalized spacial score (nSPS) is 10.0. The van der Waals surface area contributed by atoms with Gasteiger partial charge < -0.3 is 5.11 Å². The second-order valence-corrected chi connectivity index (χ2v) is 3.81. The van der Waals surface area contributed by atoms with Gasteiger partial charge in [-0.25, -0.2) is 0 Å². The molecule has 0 aliphatic carbocycles. The third-order valence-corrected chi connectivity index (χ3v) is 2.33. The van der Waals surface area contributed by atoms with Crippen LogP contribution in [0.1, 0.15) is 34.3 Å². The molecule has 1 aromatic rings. The van der Waals surface area contributed by atoms with Crippen molar-refractivity contribution in [3.05, 3.63) is 47.2 Å². The molecule has 0 atom stereocenters. The number of aliphatic hydroxyl groups is 1. The molecular formula is C13H16O2. The quantitative estimate of drug-likeness (QED) is 0.603. The number of Topliss-reactive ketones (excluding diaryl/α,β-unsaturated/α-hetero) is 1. The lowest BCUT2D eigenvalue weighted by molar-refractivity contribution is 0.0978. The van der Waals surface area contributed by atoms with Gasteiger partial charge in [0.2, 0.25) is 0 Å². The van der Waals surface area contributed by atoms with Crippen LogP contribution in [0.2, 0.25) is 0 Å². The minimum atomic E-state index is 0.0615. The average molecular weight is 204 g/mol. The van der Waals surface area contributed by atoms with Crippen LogP contribution in [0.4, 0.5) is 0 Å². The summed E-state index contributed by atoms with van der Waals surface area (Å²) in [5, 5.41) is 8.93. The third kappa shape index (κ3) is 3.24. The van der Waals surface area contributed by atoms with Crippen LogP contribution in [0.3, 0.4) is 0 Å². The first kappa shape index (κ1) is 11.5. The van der Waals surface area contributed by atoms with E-state index < -0.39 is 0 Å². The summed E-state index contributed by atoms with van der Waals surface area (Å²) >= 11 is 0. The lowest BCUT2D eigenvalue weighted by Gasteiger charge is -2.05. The van der Waals surface area contributed by atoms with Crippen LogP contribution in [0.5, 0.6) is 0 Å². The van der Waals surface area contributed by atoms with Crippen molar-refractivity contribution < 1.29 is 9.90 Å². The number of aryl methyl sites for hydroxylation is 2. The summed E-state index contributed by atoms with van der Waals surface area (Å²) < 4.78 is 0. The van der Waals surface area contributed by atoms with Gasteiger partial charge in [-0.15, -0.1) is 0 Å². The molecule has 0 spiro atoms. The van der Waals surface area contributed by atoms with Gasteiger partial charge in [-0.2, -0.15) is 0 Å². The molecule has 0 aromatic heterocycles. The number of benzene rings is 1. The van der Waals surface area contributed by atoms with Crippen LogP contribution < -0.4 is 0 Å². The van der Waals surface area contributed by atoms with E-state index in [4.69, 9.17) is 5.11 Å². The summed E-state index contributed by atoms with van der Waals surface area (Å²) in [5.41, 5.74) is 2.80. The molecule has 1 aromatic carbocycles. The highest BCUT2D eigenvalue weighted by Gasteiger charge is 2.09. The first-order valence-electron chi connectivity index (χ1n) is 4.98. The van der Waals surface area contributed by atoms with Crippen molar-refractivity contribution in [3.8, 4) is 0 Å². The Hall–Kier alpha value is -1.57. The predicted octanol–water partition coefficient (Wildman–Crippen LogP) is 3.34. The van der Waals surface area contributed by atoms with Crippen LogP contribution in [0.25, 0.3) is 0 Å². The fraction of sp³-hybridized carbons (Fsp3) is 0.308. The van der Waals surface area contributed by atoms with Gasteiger partial charge in [0.05, 0.1) is 5.76 Å². The summed E-state index contributed by atoms with van der Waals surface area (Å²) in [4.78, 5) is 11.8. The molecule has 0 aliphatic rings. The van der Waals surface area contributed by atoms with Crippen LogP contribution in [-0.4, -0.2) is 10.9 Å². The van der Waals surface area contributed by atoms with Gasteiger partial charge in [0.1, 0.15) is 0 Å². The van der Waals surface area contributed by atoms with Crippen molar-refractivity contribution in [3.63, 3.8) is 0 Å². The first-order chi connectivity index (χ1) is 7.00. The maximum atomic E-state index is 11.8. The summed E-state index contributed by atoms with van der Waals surface area (Å²) in [5.74, 6) is 0.125. The highest BCUT2D eigenvalue weighted by atomic mass is 16.3. The maximum Gasteiger partial charge on any atom is 0.163 e. The zero-order chi connectivity index (χ0) is 11.4. The molecule has 1 N–H and O–H groups in total. The highest BCUT2D eigenvalue weighted by molar-refractivity contribution is 5.97. The standard InChI is InChI=1S/C13H16O2/c1-9-4-5-10(2)12(8-9)13(15)7-6-11(3)14/h4-5,8,14H,3,6-7H2,1-2H3. The predicted molar refractivity (Wildman–Crippen MR) is 61.2 cm³/mol. The number of carbonyl (C=O) groups excluding carboxylic acids is 1. The minimum Gasteiger partial charge on any atom is -0.513 e. The van der Waals surface area contributed by atoms with E-state index in [0.29, 0.717) is 12.8 Å². The first-order valence-corrected chi connectivity index (χ1v) is 4.98. The Kier molecular flexibility index (Phi) is 3.67. The number of carbonyl (C=O) groups is 1. The van der Waals surface area contributed by atoms with E-state index in [0.717, 1.165) is 16.7 Å². The molecule has 0 heterocycles. The molecule has 0 amide bonds. The van der Waals surface area contributed by atoms with Crippen molar-refractivity contribution in [1.82, 2.24) is 0 Å². The number of aliphatic hydroxyl groups excluding tert-OH is 1. The highest BCUT2D eigenvalue weighted by Crippen LogP contribution is 2.14. The summed E-state index contributed by atoms with van der Waals surface area (Å²) in [6.45, 7) is 7.24. The number of hydrogen-bond acceptors (Lipinski definition) is 2. The van der Waals surface area contributed by atoms with Gasteiger partial charge in [-0.1, -0.05) is 24.3 Å². The van der Waals surface area contributed by atoms with E-state index >= 15 is 0 Å². The Balaban J connectivity index is 2.81. The molecule has 0 fully saturated rings. The van der Waals surface area contributed by atoms with E-state index in [2.05, 4.69) is 6.58 Å². The zero-order valence-corrected chi connectivity index (χ0v) is 9.21. The molecule has 0 unspecified atom stereocenters. The molecule has 0 saturated heterocycles. The number of allylic oxidation sites excluding steroid dienone is 1. The van der Waals surface area contributed by atoms with Crippen LogP contribution in [0, 0.1) is 13.8 Å². The van der Waals surface area contributed by atoms with Crippen molar-refractivity contribution in [2.75, 3.05) is 0 Å². The molecule has 0 bridgehead atoms. The molecule has 0 aliphatic heterocycles. The van der Waals surface area contributed by atoms with E-state index in [-0.39, 0.29) is 11.5 Å². The smallest absolute Gasteiger partial charge is 0.163 e. The molecule has 2 nitrogen and oxygen atoms in total. The Bertz CT molecular complexity index is 392. The fourth-order valence-corrected chi connectivity index (χ4v) is 1.43. The van der Waals surface area contributed by atoms with Crippen molar-refractivity contribution in [2.24, 2.45) is 0 Å². The van der Waals surface area contributed by atoms with E-state index in [9.17, 15) is 4.79 Å². The average Bonchev–Trinajstić information content (AvgIpc) is 2.18. The van der Waals surface area contributed by atoms with Gasteiger partial charge in [0.15, 0.2) is 5.78 Å². The summed E-state index contributed by atoms with van der Waals surface area (Å²) in [6.07, 6.45) is 0.659. The van der Waals surface area contributed by atoms with E-state index in [1.54, 1.807) is 0 Å². The van der Waals surface area contributed by atoms with Crippen molar-refractivity contribution in [1.29, 1.82) is 0 Å². The summed E-state index contributed by atoms with van der Waals surface area (Å²) in [6, 6.07) is 5.81. The molecular weight excluding hydrogens is 188 g/mol. The lowest BCUT2D eigenvalue weighted by Crippen LogP contribution is -2.02. The van der Waals surface area contributed by atoms with E-state index in [1.807, 2.05) is 32.0 Å². The van der Waals surface area contributed by atoms with Gasteiger partial charge in [0, 0.05) is 18.4 Å². The Morgan fingerprint density at radius 2 is 2.00 bits per heavy atom. The third-order valence-electron chi connectivity index (χ3n) is 2.33. The fourth-order valence-electron chi connectivity index (χ4n) is 1.43. The largest absolute Gasteiger partial charge is 0.513 e. The second-order valence-electron chi connectivity index (χ2n) is 3.81. The zero-order valence-electron chi connectivity index (χ0n) is 9.21. The Morgan fingerprint density at radius 3 is 2.60 bits per heavy atom. The molecule has 1 rings (SSSR count). The van der Waals surface area contributed by atoms with Crippen molar-refractivity contribution in [2.45, 2.75) is 26.7 Å². The van der Waals surface area contributed by atoms with Gasteiger partial charge in [-0.05, 0) is 25.5 Å². The lowest BCUT2D eigenvalue weighted by atomic mass is 9.99. The molecule has 0 radical (unpaired) electrons. The van der Waals surface area contributed by atoms with Crippen LogP contribution in [-0.2, 0) is 0 Å². The molecule has 2 heteroatoms. The SMILES string of the molecule is C=C(O)CCC(=O)c1cc(C)ccc1C.